The molecule has 3 heterocycles. The fourth-order valence-corrected chi connectivity index (χ4v) is 10.2. The SMILES string of the molecule is CCOc1cc(C2c3sc(=O)[nH]c3SC3C4CC(C5C(=O)N(c6ccc(C)cc6)C(=O)C45)C23)ccc1O. The fourth-order valence-electron chi connectivity index (χ4n) is 7.33. The summed E-state index contributed by atoms with van der Waals surface area (Å²) in [5, 5.41) is 11.3. The van der Waals surface area contributed by atoms with Gasteiger partial charge in [-0.25, -0.2) is 0 Å². The van der Waals surface area contributed by atoms with Crippen LogP contribution in [-0.2, 0) is 9.59 Å². The van der Waals surface area contributed by atoms with Crippen molar-refractivity contribution in [2.45, 2.75) is 36.5 Å². The molecule has 3 aromatic rings. The maximum absolute atomic E-state index is 13.8. The van der Waals surface area contributed by atoms with Crippen molar-refractivity contribution in [2.24, 2.45) is 29.6 Å². The van der Waals surface area contributed by atoms with Crippen molar-refractivity contribution in [3.63, 3.8) is 0 Å². The zero-order chi connectivity index (χ0) is 25.6. The molecule has 2 aliphatic carbocycles. The van der Waals surface area contributed by atoms with Gasteiger partial charge < -0.3 is 14.8 Å². The monoisotopic (exact) mass is 534 g/mol. The Morgan fingerprint density at radius 2 is 1.78 bits per heavy atom. The molecule has 2 aromatic carbocycles. The minimum Gasteiger partial charge on any atom is -0.504 e. The van der Waals surface area contributed by atoms with Gasteiger partial charge in [-0.05, 0) is 67.9 Å². The number of hydrogen-bond donors (Lipinski definition) is 2. The van der Waals surface area contributed by atoms with Gasteiger partial charge in [0.25, 0.3) is 0 Å². The normalized spacial score (nSPS) is 31.4. The summed E-state index contributed by atoms with van der Waals surface area (Å²) in [5.41, 5.74) is 2.68. The van der Waals surface area contributed by atoms with Crippen LogP contribution in [0.15, 0.2) is 52.3 Å². The maximum atomic E-state index is 13.8. The Morgan fingerprint density at radius 1 is 1.05 bits per heavy atom. The highest BCUT2D eigenvalue weighted by Gasteiger charge is 2.69. The molecule has 37 heavy (non-hydrogen) atoms. The van der Waals surface area contributed by atoms with Crippen LogP contribution >= 0.6 is 23.1 Å². The number of amides is 2. The Kier molecular flexibility index (Phi) is 5.14. The maximum Gasteiger partial charge on any atom is 0.305 e. The smallest absolute Gasteiger partial charge is 0.305 e. The van der Waals surface area contributed by atoms with Gasteiger partial charge in [-0.3, -0.25) is 19.3 Å². The summed E-state index contributed by atoms with van der Waals surface area (Å²) in [7, 11) is 0. The predicted molar refractivity (Wildman–Crippen MR) is 141 cm³/mol. The standard InChI is InChI=1S/C28H26N2O5S2/c1-3-35-18-10-13(6-9-17(18)31)19-20-15-11-16(23(20)36-25-24(19)37-28(34)29-25)22-21(15)26(32)30(27(22)33)14-7-4-12(2)5-8-14/h4-10,15-16,19-23,31H,3,11H2,1-2H3,(H,29,34). The average molecular weight is 535 g/mol. The first kappa shape index (κ1) is 23.1. The van der Waals surface area contributed by atoms with Crippen LogP contribution in [-0.4, -0.2) is 33.8 Å². The molecule has 1 aromatic heterocycles. The first-order valence-corrected chi connectivity index (χ1v) is 14.4. The number of ether oxygens (including phenoxy) is 1. The molecule has 9 heteroatoms. The summed E-state index contributed by atoms with van der Waals surface area (Å²) in [6.45, 7) is 4.28. The summed E-state index contributed by atoms with van der Waals surface area (Å²) in [5.74, 6) is -0.259. The minimum atomic E-state index is -0.344. The minimum absolute atomic E-state index is 0.0408. The largest absolute Gasteiger partial charge is 0.504 e. The highest BCUT2D eigenvalue weighted by molar-refractivity contribution is 8.00. The lowest BCUT2D eigenvalue weighted by Gasteiger charge is -2.43. The number of aromatic nitrogens is 1. The van der Waals surface area contributed by atoms with E-state index in [0.717, 1.165) is 27.5 Å². The topological polar surface area (TPSA) is 99.7 Å². The number of fused-ring (bicyclic) bond motifs is 9. The van der Waals surface area contributed by atoms with Crippen LogP contribution in [0.1, 0.15) is 35.3 Å². The molecule has 0 spiro atoms. The summed E-state index contributed by atoms with van der Waals surface area (Å²) < 4.78 is 5.68. The van der Waals surface area contributed by atoms with Crippen LogP contribution in [0.25, 0.3) is 0 Å². The number of hydrogen-bond acceptors (Lipinski definition) is 7. The molecule has 7 atom stereocenters. The first-order valence-electron chi connectivity index (χ1n) is 12.7. The number of H-pyrrole nitrogens is 1. The summed E-state index contributed by atoms with van der Waals surface area (Å²) in [6, 6.07) is 13.0. The number of aryl methyl sites for hydroxylation is 1. The van der Waals surface area contributed by atoms with Crippen molar-refractivity contribution < 1.29 is 19.4 Å². The molecule has 7 unspecified atom stereocenters. The highest BCUT2D eigenvalue weighted by atomic mass is 32.2. The Morgan fingerprint density at radius 3 is 2.51 bits per heavy atom. The van der Waals surface area contributed by atoms with Gasteiger partial charge in [0.1, 0.15) is 0 Å². The Hall–Kier alpha value is -3.04. The van der Waals surface area contributed by atoms with E-state index in [1.807, 2.05) is 50.2 Å². The Labute approximate surface area is 221 Å². The van der Waals surface area contributed by atoms with Crippen molar-refractivity contribution in [3.05, 3.63) is 68.1 Å². The van der Waals surface area contributed by atoms with Crippen molar-refractivity contribution in [3.8, 4) is 11.5 Å². The van der Waals surface area contributed by atoms with Crippen LogP contribution in [0.4, 0.5) is 5.69 Å². The highest BCUT2D eigenvalue weighted by Crippen LogP contribution is 2.68. The lowest BCUT2D eigenvalue weighted by atomic mass is 9.68. The molecular weight excluding hydrogens is 508 g/mol. The fraction of sp³-hybridized carbons (Fsp3) is 0.393. The Balaban J connectivity index is 1.32. The van der Waals surface area contributed by atoms with Crippen LogP contribution in [0.3, 0.4) is 0 Å². The van der Waals surface area contributed by atoms with E-state index in [1.165, 1.54) is 16.2 Å². The van der Waals surface area contributed by atoms with Crippen LogP contribution in [0, 0.1) is 36.5 Å². The zero-order valence-electron chi connectivity index (χ0n) is 20.3. The summed E-state index contributed by atoms with van der Waals surface area (Å²) in [6.07, 6.45) is 0.836. The second-order valence-corrected chi connectivity index (χ2v) is 12.7. The second kappa shape index (κ2) is 8.23. The van der Waals surface area contributed by atoms with E-state index in [1.54, 1.807) is 17.8 Å². The second-order valence-electron chi connectivity index (χ2n) is 10.5. The molecule has 2 saturated carbocycles. The van der Waals surface area contributed by atoms with Crippen molar-refractivity contribution in [1.82, 2.24) is 4.98 Å². The van der Waals surface area contributed by atoms with Gasteiger partial charge in [0.2, 0.25) is 11.8 Å². The lowest BCUT2D eigenvalue weighted by Crippen LogP contribution is -2.42. The number of aromatic hydroxyl groups is 1. The molecule has 2 bridgehead atoms. The number of aromatic amines is 1. The van der Waals surface area contributed by atoms with E-state index in [2.05, 4.69) is 4.98 Å². The molecule has 190 valence electrons. The van der Waals surface area contributed by atoms with Crippen LogP contribution in [0.2, 0.25) is 0 Å². The van der Waals surface area contributed by atoms with Crippen molar-refractivity contribution >= 4 is 40.6 Å². The summed E-state index contributed by atoms with van der Waals surface area (Å²) >= 11 is 2.89. The van der Waals surface area contributed by atoms with Gasteiger partial charge in [0.15, 0.2) is 11.5 Å². The molecule has 7 rings (SSSR count). The third kappa shape index (κ3) is 3.23. The van der Waals surface area contributed by atoms with Crippen molar-refractivity contribution in [2.75, 3.05) is 11.5 Å². The van der Waals surface area contributed by atoms with Crippen LogP contribution in [0.5, 0.6) is 11.5 Å². The third-order valence-corrected chi connectivity index (χ3v) is 11.2. The number of phenols is 1. The summed E-state index contributed by atoms with van der Waals surface area (Å²) in [4.78, 5) is 45.3. The Bertz CT molecular complexity index is 1490. The van der Waals surface area contributed by atoms with E-state index in [-0.39, 0.29) is 63.2 Å². The number of nitrogens with one attached hydrogen (secondary N) is 1. The number of benzene rings is 2. The number of thioether (sulfide) groups is 1. The van der Waals surface area contributed by atoms with Gasteiger partial charge in [0, 0.05) is 16.0 Å². The number of imide groups is 1. The van der Waals surface area contributed by atoms with Crippen molar-refractivity contribution in [1.29, 1.82) is 0 Å². The van der Waals surface area contributed by atoms with Gasteiger partial charge in [-0.15, -0.1) is 11.8 Å². The number of phenolic OH excluding ortho intramolecular Hbond substituents is 1. The number of rotatable bonds is 4. The number of anilines is 1. The predicted octanol–water partition coefficient (Wildman–Crippen LogP) is 4.53. The first-order chi connectivity index (χ1) is 17.9. The van der Waals surface area contributed by atoms with Gasteiger partial charge in [0.05, 0.1) is 29.2 Å². The van der Waals surface area contributed by atoms with Gasteiger partial charge >= 0.3 is 4.87 Å². The van der Waals surface area contributed by atoms with E-state index in [0.29, 0.717) is 18.0 Å². The van der Waals surface area contributed by atoms with Crippen LogP contribution < -0.4 is 14.5 Å². The third-order valence-electron chi connectivity index (χ3n) is 8.66. The molecule has 2 N–H and O–H groups in total. The molecule has 2 amide bonds. The molecule has 2 aliphatic heterocycles. The molecule has 7 nitrogen and oxygen atoms in total. The molecule has 3 fully saturated rings. The van der Waals surface area contributed by atoms with E-state index in [4.69, 9.17) is 4.74 Å². The lowest BCUT2D eigenvalue weighted by molar-refractivity contribution is -0.123. The average Bonchev–Trinajstić information content (AvgIpc) is 3.60. The quantitative estimate of drug-likeness (QED) is 0.478. The van der Waals surface area contributed by atoms with Gasteiger partial charge in [-0.2, -0.15) is 0 Å². The molecule has 0 radical (unpaired) electrons. The number of carbonyl (C=O) groups excluding carboxylic acids is 2. The van der Waals surface area contributed by atoms with E-state index in [9.17, 15) is 19.5 Å². The number of thiazole rings is 1. The molecular formula is C28H26N2O5S2. The zero-order valence-corrected chi connectivity index (χ0v) is 22.0. The number of nitrogens with zero attached hydrogens (tertiary/aromatic N) is 1. The molecule has 1 saturated heterocycles. The molecule has 4 aliphatic rings. The van der Waals surface area contributed by atoms with E-state index >= 15 is 0 Å². The van der Waals surface area contributed by atoms with Gasteiger partial charge in [-0.1, -0.05) is 35.1 Å². The van der Waals surface area contributed by atoms with E-state index < -0.39 is 0 Å². The number of carbonyl (C=O) groups is 2.